The van der Waals surface area contributed by atoms with E-state index in [4.69, 9.17) is 4.65 Å². The molecule has 12 heteroatoms. The van der Waals surface area contributed by atoms with E-state index in [0.717, 1.165) is 37.5 Å². The van der Waals surface area contributed by atoms with Crippen molar-refractivity contribution in [2.45, 2.75) is 39.3 Å². The summed E-state index contributed by atoms with van der Waals surface area (Å²) >= 11 is 0. The van der Waals surface area contributed by atoms with Crippen molar-refractivity contribution in [2.75, 3.05) is 21.1 Å². The van der Waals surface area contributed by atoms with Gasteiger partial charge in [-0.15, -0.1) is 0 Å². The van der Waals surface area contributed by atoms with Crippen molar-refractivity contribution in [3.05, 3.63) is 209 Å². The zero-order valence-corrected chi connectivity index (χ0v) is 38.2. The van der Waals surface area contributed by atoms with Gasteiger partial charge in [-0.05, 0) is 115 Å². The van der Waals surface area contributed by atoms with Gasteiger partial charge in [-0.2, -0.15) is 0 Å². The van der Waals surface area contributed by atoms with Crippen LogP contribution in [0.4, 0.5) is 0 Å². The van der Waals surface area contributed by atoms with Crippen LogP contribution in [0.1, 0.15) is 33.4 Å². The molecule has 9 aromatic rings. The van der Waals surface area contributed by atoms with E-state index < -0.39 is 14.2 Å². The third-order valence-corrected chi connectivity index (χ3v) is 12.5. The molecule has 0 unspecified atom stereocenters. The quantitative estimate of drug-likeness (QED) is 0.0510. The molecule has 5 N–H and O–H groups in total. The lowest BCUT2D eigenvalue weighted by Gasteiger charge is -2.25. The molecule has 0 aromatic heterocycles. The maximum atomic E-state index is 9.84. The molecule has 0 aliphatic carbocycles. The molecule has 9 nitrogen and oxygen atoms in total. The Morgan fingerprint density at radius 2 is 0.701 bits per heavy atom. The van der Waals surface area contributed by atoms with Crippen LogP contribution in [0.2, 0.25) is 0 Å². The second kappa shape index (κ2) is 22.0. The molecule has 9 rings (SSSR count). The van der Waals surface area contributed by atoms with Gasteiger partial charge in [-0.1, -0.05) is 164 Å². The molecule has 0 saturated carbocycles. The molecule has 0 aliphatic heterocycles. The Bertz CT molecular complexity index is 3000. The van der Waals surface area contributed by atoms with Crippen molar-refractivity contribution >= 4 is 75.9 Å². The number of fused-ring (bicyclic) bond motifs is 4. The summed E-state index contributed by atoms with van der Waals surface area (Å²) in [4.78, 5) is 6.70. The second-order valence-electron chi connectivity index (χ2n) is 17.3. The molecular formula is C55H55B3N3O6. The average Bonchev–Trinajstić information content (AvgIpc) is 3.33. The largest absolute Gasteiger partial charge is 0.569 e. The van der Waals surface area contributed by atoms with Crippen LogP contribution < -0.4 is 15.6 Å². The predicted octanol–water partition coefficient (Wildman–Crippen LogP) is 7.15. The SMILES string of the molecule is CN(Cc1ccccc1B(O)O)Cc1c2ccccc2cc2ccccc12.CN(Cc1ccccc1O[B]O)Cc1c2ccccc2c(CN(C)Cc2ccccc2B(O)O)c2ccccc12. The van der Waals surface area contributed by atoms with E-state index in [1.165, 1.54) is 59.8 Å². The summed E-state index contributed by atoms with van der Waals surface area (Å²) < 4.78 is 5.32. The number of hydrogen-bond acceptors (Lipinski definition) is 9. The van der Waals surface area contributed by atoms with E-state index in [0.29, 0.717) is 42.9 Å². The van der Waals surface area contributed by atoms with Crippen LogP contribution in [-0.4, -0.2) is 82.9 Å². The monoisotopic (exact) mass is 886 g/mol. The maximum Gasteiger partial charge on any atom is 0.569 e. The highest BCUT2D eigenvalue weighted by Crippen LogP contribution is 2.35. The summed E-state index contributed by atoms with van der Waals surface area (Å²) in [6.45, 7) is 4.11. The van der Waals surface area contributed by atoms with Gasteiger partial charge >= 0.3 is 21.9 Å². The zero-order valence-electron chi connectivity index (χ0n) is 38.2. The van der Waals surface area contributed by atoms with E-state index in [-0.39, 0.29) is 0 Å². The topological polar surface area (TPSA) is 120 Å². The van der Waals surface area contributed by atoms with Gasteiger partial charge < -0.3 is 29.8 Å². The van der Waals surface area contributed by atoms with Crippen molar-refractivity contribution in [1.82, 2.24) is 14.7 Å². The molecule has 0 heterocycles. The minimum atomic E-state index is -1.50. The Morgan fingerprint density at radius 3 is 1.10 bits per heavy atom. The Balaban J connectivity index is 0.000000196. The molecule has 335 valence electrons. The summed E-state index contributed by atoms with van der Waals surface area (Å²) in [6, 6.07) is 59.0. The fourth-order valence-corrected chi connectivity index (χ4v) is 9.44. The third kappa shape index (κ3) is 11.1. The standard InChI is InChI=1S/C32H33B2N2O4.C23H22BNO2/c1-35(19-23-11-3-9-17-31(23)34(38)39)21-29-25-13-5-7-15-27(25)30(28-16-8-6-14-26(28)29)22-36(2)20-24-12-4-10-18-32(24)40-33-37;1-25(15-19-10-4-7-13-23(19)24(26)27)16-22-20-11-5-2-8-17(20)14-18-9-3-6-12-21(18)22/h3-18,37-39H,19-22H2,1-2H3;2-14,26-27H,15-16H2,1H3. The zero-order chi connectivity index (χ0) is 46.9. The Kier molecular flexibility index (Phi) is 15.5. The van der Waals surface area contributed by atoms with Gasteiger partial charge in [0, 0.05) is 44.8 Å². The van der Waals surface area contributed by atoms with Gasteiger partial charge in [-0.3, -0.25) is 14.7 Å². The number of benzene rings is 9. The van der Waals surface area contributed by atoms with Gasteiger partial charge in [0.15, 0.2) is 0 Å². The highest BCUT2D eigenvalue weighted by atomic mass is 16.5. The van der Waals surface area contributed by atoms with Gasteiger partial charge in [0.05, 0.1) is 0 Å². The van der Waals surface area contributed by atoms with Crippen molar-refractivity contribution in [3.8, 4) is 5.75 Å². The fourth-order valence-electron chi connectivity index (χ4n) is 9.44. The summed E-state index contributed by atoms with van der Waals surface area (Å²) in [7, 11) is 4.00. The van der Waals surface area contributed by atoms with E-state index in [9.17, 15) is 25.1 Å². The lowest BCUT2D eigenvalue weighted by molar-refractivity contribution is 0.316. The first-order chi connectivity index (χ1) is 32.6. The smallest absolute Gasteiger partial charge is 0.537 e. The molecule has 0 atom stereocenters. The number of rotatable bonds is 16. The Labute approximate surface area is 394 Å². The molecule has 0 spiro atoms. The lowest BCUT2D eigenvalue weighted by atomic mass is 9.77. The molecule has 0 fully saturated rings. The van der Waals surface area contributed by atoms with Gasteiger partial charge in [0.25, 0.3) is 0 Å². The highest BCUT2D eigenvalue weighted by Gasteiger charge is 2.21. The van der Waals surface area contributed by atoms with Crippen molar-refractivity contribution in [2.24, 2.45) is 0 Å². The Hall–Kier alpha value is -6.31. The van der Waals surface area contributed by atoms with E-state index in [2.05, 4.69) is 139 Å². The van der Waals surface area contributed by atoms with Crippen LogP contribution in [0.5, 0.6) is 5.75 Å². The van der Waals surface area contributed by atoms with Crippen molar-refractivity contribution < 1.29 is 29.8 Å². The lowest BCUT2D eigenvalue weighted by Crippen LogP contribution is -2.35. The van der Waals surface area contributed by atoms with Crippen molar-refractivity contribution in [3.63, 3.8) is 0 Å². The number of hydrogen-bond donors (Lipinski definition) is 5. The van der Waals surface area contributed by atoms with Gasteiger partial charge in [0.1, 0.15) is 5.75 Å². The molecule has 9 aromatic carbocycles. The van der Waals surface area contributed by atoms with E-state index >= 15 is 0 Å². The minimum absolute atomic E-state index is 0.534. The molecular weight excluding hydrogens is 831 g/mol. The summed E-state index contributed by atoms with van der Waals surface area (Å²) in [5.74, 6) is 0.639. The molecule has 0 aliphatic rings. The van der Waals surface area contributed by atoms with Crippen LogP contribution >= 0.6 is 0 Å². The first kappa shape index (κ1) is 47.2. The minimum Gasteiger partial charge on any atom is -0.537 e. The highest BCUT2D eigenvalue weighted by molar-refractivity contribution is 6.59. The predicted molar refractivity (Wildman–Crippen MR) is 276 cm³/mol. The molecule has 1 radical (unpaired) electrons. The first-order valence-corrected chi connectivity index (χ1v) is 22.5. The van der Waals surface area contributed by atoms with Crippen LogP contribution in [-0.2, 0) is 39.3 Å². The van der Waals surface area contributed by atoms with Crippen LogP contribution in [0, 0.1) is 0 Å². The van der Waals surface area contributed by atoms with Crippen LogP contribution in [0.3, 0.4) is 0 Å². The fraction of sp³-hybridized carbons (Fsp3) is 0.164. The second-order valence-corrected chi connectivity index (χ2v) is 17.3. The van der Waals surface area contributed by atoms with Crippen molar-refractivity contribution in [1.29, 1.82) is 0 Å². The summed E-state index contributed by atoms with van der Waals surface area (Å²) in [5.41, 5.74) is 7.73. The van der Waals surface area contributed by atoms with Crippen LogP contribution in [0.15, 0.2) is 176 Å². The first-order valence-electron chi connectivity index (χ1n) is 22.5. The Morgan fingerprint density at radius 1 is 0.388 bits per heavy atom. The summed E-state index contributed by atoms with van der Waals surface area (Å²) in [6.07, 6.45) is 0. The third-order valence-electron chi connectivity index (χ3n) is 12.5. The van der Waals surface area contributed by atoms with Crippen LogP contribution in [0.25, 0.3) is 43.1 Å². The molecule has 0 saturated heterocycles. The molecule has 0 bridgehead atoms. The number of nitrogens with zero attached hydrogens (tertiary/aromatic N) is 3. The normalized spacial score (nSPS) is 11.4. The van der Waals surface area contributed by atoms with Gasteiger partial charge in [0.2, 0.25) is 0 Å². The molecule has 0 amide bonds. The van der Waals surface area contributed by atoms with Gasteiger partial charge in [-0.25, -0.2) is 0 Å². The summed E-state index contributed by atoms with van der Waals surface area (Å²) in [5, 5.41) is 58.0. The maximum absolute atomic E-state index is 9.84. The number of para-hydroxylation sites is 1. The molecule has 67 heavy (non-hydrogen) atoms. The average molecular weight is 886 g/mol. The van der Waals surface area contributed by atoms with E-state index in [1.54, 1.807) is 12.1 Å². The van der Waals surface area contributed by atoms with E-state index in [1.807, 2.05) is 60.7 Å².